The Morgan fingerprint density at radius 3 is 2.89 bits per heavy atom. The van der Waals surface area contributed by atoms with E-state index in [1.54, 1.807) is 19.6 Å². The molecular formula is C14H19N3O2. The Kier molecular flexibility index (Phi) is 4.80. The quantitative estimate of drug-likeness (QED) is 0.772. The highest BCUT2D eigenvalue weighted by molar-refractivity contribution is 5.42. The van der Waals surface area contributed by atoms with Crippen LogP contribution in [-0.4, -0.2) is 23.3 Å². The molecule has 0 atom stereocenters. The van der Waals surface area contributed by atoms with Crippen molar-refractivity contribution in [2.24, 2.45) is 5.73 Å². The van der Waals surface area contributed by atoms with Gasteiger partial charge in [0.1, 0.15) is 0 Å². The van der Waals surface area contributed by atoms with Gasteiger partial charge in [-0.15, -0.1) is 0 Å². The fourth-order valence-corrected chi connectivity index (χ4v) is 1.81. The first kappa shape index (κ1) is 13.4. The topological polar surface area (TPSA) is 62.3 Å². The fraction of sp³-hybridized carbons (Fsp3) is 0.357. The first-order chi connectivity index (χ1) is 9.33. The summed E-state index contributed by atoms with van der Waals surface area (Å²) in [5.74, 6) is 1.48. The summed E-state index contributed by atoms with van der Waals surface area (Å²) in [6.45, 7) is 2.02. The van der Waals surface area contributed by atoms with E-state index < -0.39 is 0 Å². The van der Waals surface area contributed by atoms with Gasteiger partial charge in [-0.05, 0) is 24.1 Å². The summed E-state index contributed by atoms with van der Waals surface area (Å²) in [7, 11) is 1.63. The summed E-state index contributed by atoms with van der Waals surface area (Å²) in [5, 5.41) is 0. The SMILES string of the molecule is COc1cc(CN)ccc1OCCCn1ccnc1. The van der Waals surface area contributed by atoms with E-state index in [0.717, 1.165) is 30.0 Å². The third kappa shape index (κ3) is 3.72. The van der Waals surface area contributed by atoms with Gasteiger partial charge < -0.3 is 19.8 Å². The van der Waals surface area contributed by atoms with Crippen LogP contribution in [0, 0.1) is 0 Å². The standard InChI is InChI=1S/C14H19N3O2/c1-18-14-9-12(10-15)3-4-13(14)19-8-2-6-17-7-5-16-11-17/h3-5,7,9,11H,2,6,8,10,15H2,1H3. The van der Waals surface area contributed by atoms with Crippen LogP contribution in [0.15, 0.2) is 36.9 Å². The molecule has 0 unspecified atom stereocenters. The van der Waals surface area contributed by atoms with Crippen molar-refractivity contribution in [2.75, 3.05) is 13.7 Å². The highest BCUT2D eigenvalue weighted by Crippen LogP contribution is 2.27. The van der Waals surface area contributed by atoms with E-state index in [4.69, 9.17) is 15.2 Å². The molecular weight excluding hydrogens is 242 g/mol. The molecule has 1 heterocycles. The van der Waals surface area contributed by atoms with E-state index in [0.29, 0.717) is 13.2 Å². The van der Waals surface area contributed by atoms with Gasteiger partial charge in [-0.25, -0.2) is 4.98 Å². The molecule has 2 aromatic rings. The average Bonchev–Trinajstić information content (AvgIpc) is 2.96. The van der Waals surface area contributed by atoms with Crippen LogP contribution in [0.4, 0.5) is 0 Å². The molecule has 2 N–H and O–H groups in total. The molecule has 0 aliphatic carbocycles. The molecule has 0 saturated carbocycles. The number of nitrogens with zero attached hydrogens (tertiary/aromatic N) is 2. The van der Waals surface area contributed by atoms with Crippen LogP contribution in [-0.2, 0) is 13.1 Å². The van der Waals surface area contributed by atoms with Gasteiger partial charge in [-0.2, -0.15) is 0 Å². The average molecular weight is 261 g/mol. The number of nitrogens with two attached hydrogens (primary N) is 1. The third-order valence-corrected chi connectivity index (χ3v) is 2.84. The molecule has 0 amide bonds. The minimum absolute atomic E-state index is 0.497. The second-order valence-electron chi connectivity index (χ2n) is 4.19. The zero-order valence-corrected chi connectivity index (χ0v) is 11.1. The van der Waals surface area contributed by atoms with Gasteiger partial charge in [0, 0.05) is 25.5 Å². The van der Waals surface area contributed by atoms with Gasteiger partial charge >= 0.3 is 0 Å². The Labute approximate surface area is 113 Å². The minimum atomic E-state index is 0.497. The van der Waals surface area contributed by atoms with E-state index in [2.05, 4.69) is 4.98 Å². The van der Waals surface area contributed by atoms with E-state index in [9.17, 15) is 0 Å². The van der Waals surface area contributed by atoms with E-state index in [-0.39, 0.29) is 0 Å². The predicted octanol–water partition coefficient (Wildman–Crippen LogP) is 1.82. The van der Waals surface area contributed by atoms with E-state index >= 15 is 0 Å². The van der Waals surface area contributed by atoms with Crippen molar-refractivity contribution >= 4 is 0 Å². The lowest BCUT2D eigenvalue weighted by atomic mass is 10.2. The first-order valence-electron chi connectivity index (χ1n) is 6.29. The summed E-state index contributed by atoms with van der Waals surface area (Å²) in [5.41, 5.74) is 6.62. The minimum Gasteiger partial charge on any atom is -0.493 e. The normalized spacial score (nSPS) is 10.4. The number of ether oxygens (including phenoxy) is 2. The van der Waals surface area contributed by atoms with E-state index in [1.165, 1.54) is 0 Å². The largest absolute Gasteiger partial charge is 0.493 e. The van der Waals surface area contributed by atoms with Crippen molar-refractivity contribution in [3.05, 3.63) is 42.5 Å². The van der Waals surface area contributed by atoms with Crippen LogP contribution < -0.4 is 15.2 Å². The van der Waals surface area contributed by atoms with Gasteiger partial charge in [-0.1, -0.05) is 6.07 Å². The highest BCUT2D eigenvalue weighted by Gasteiger charge is 2.05. The lowest BCUT2D eigenvalue weighted by molar-refractivity contribution is 0.282. The van der Waals surface area contributed by atoms with Gasteiger partial charge in [0.05, 0.1) is 20.0 Å². The van der Waals surface area contributed by atoms with Crippen LogP contribution in [0.1, 0.15) is 12.0 Å². The molecule has 1 aromatic heterocycles. The lowest BCUT2D eigenvalue weighted by Crippen LogP contribution is -2.04. The van der Waals surface area contributed by atoms with Crippen LogP contribution in [0.2, 0.25) is 0 Å². The van der Waals surface area contributed by atoms with Crippen molar-refractivity contribution in [1.29, 1.82) is 0 Å². The zero-order chi connectivity index (χ0) is 13.5. The third-order valence-electron chi connectivity index (χ3n) is 2.84. The van der Waals surface area contributed by atoms with Crippen molar-refractivity contribution in [3.63, 3.8) is 0 Å². The fourth-order valence-electron chi connectivity index (χ4n) is 1.81. The number of hydrogen-bond donors (Lipinski definition) is 1. The number of aromatic nitrogens is 2. The second kappa shape index (κ2) is 6.80. The number of rotatable bonds is 7. The molecule has 102 valence electrons. The summed E-state index contributed by atoms with van der Waals surface area (Å²) in [6, 6.07) is 5.76. The Hall–Kier alpha value is -2.01. The zero-order valence-electron chi connectivity index (χ0n) is 11.1. The Morgan fingerprint density at radius 1 is 1.32 bits per heavy atom. The van der Waals surface area contributed by atoms with Gasteiger partial charge in [0.2, 0.25) is 0 Å². The van der Waals surface area contributed by atoms with Gasteiger partial charge in [-0.3, -0.25) is 0 Å². The molecule has 1 aromatic carbocycles. The van der Waals surface area contributed by atoms with Crippen LogP contribution in [0.5, 0.6) is 11.5 Å². The smallest absolute Gasteiger partial charge is 0.161 e. The van der Waals surface area contributed by atoms with Crippen molar-refractivity contribution < 1.29 is 9.47 Å². The maximum Gasteiger partial charge on any atom is 0.161 e. The lowest BCUT2D eigenvalue weighted by Gasteiger charge is -2.11. The molecule has 5 nitrogen and oxygen atoms in total. The number of hydrogen-bond acceptors (Lipinski definition) is 4. The Balaban J connectivity index is 1.85. The van der Waals surface area contributed by atoms with Gasteiger partial charge in [0.25, 0.3) is 0 Å². The number of imidazole rings is 1. The monoisotopic (exact) mass is 261 g/mol. The molecule has 0 saturated heterocycles. The van der Waals surface area contributed by atoms with Crippen LogP contribution >= 0.6 is 0 Å². The van der Waals surface area contributed by atoms with Crippen LogP contribution in [0.3, 0.4) is 0 Å². The van der Waals surface area contributed by atoms with Gasteiger partial charge in [0.15, 0.2) is 11.5 Å². The summed E-state index contributed by atoms with van der Waals surface area (Å²) in [6.07, 6.45) is 6.43. The molecule has 0 bridgehead atoms. The number of aryl methyl sites for hydroxylation is 1. The molecule has 0 spiro atoms. The molecule has 0 fully saturated rings. The Morgan fingerprint density at radius 2 is 2.21 bits per heavy atom. The molecule has 0 aliphatic rings. The molecule has 2 rings (SSSR count). The molecule has 0 aliphatic heterocycles. The molecule has 19 heavy (non-hydrogen) atoms. The molecule has 5 heteroatoms. The highest BCUT2D eigenvalue weighted by atomic mass is 16.5. The number of methoxy groups -OCH3 is 1. The summed E-state index contributed by atoms with van der Waals surface area (Å²) < 4.78 is 13.0. The van der Waals surface area contributed by atoms with Crippen molar-refractivity contribution in [1.82, 2.24) is 9.55 Å². The molecule has 0 radical (unpaired) electrons. The van der Waals surface area contributed by atoms with Crippen molar-refractivity contribution in [2.45, 2.75) is 19.5 Å². The summed E-state index contributed by atoms with van der Waals surface area (Å²) in [4.78, 5) is 4.00. The first-order valence-corrected chi connectivity index (χ1v) is 6.29. The maximum absolute atomic E-state index is 5.73. The van der Waals surface area contributed by atoms with Crippen molar-refractivity contribution in [3.8, 4) is 11.5 Å². The predicted molar refractivity (Wildman–Crippen MR) is 73.2 cm³/mol. The second-order valence-corrected chi connectivity index (χ2v) is 4.19. The summed E-state index contributed by atoms with van der Waals surface area (Å²) >= 11 is 0. The Bertz CT molecular complexity index is 497. The maximum atomic E-state index is 5.73. The van der Waals surface area contributed by atoms with E-state index in [1.807, 2.05) is 29.0 Å². The number of benzene rings is 1. The van der Waals surface area contributed by atoms with Crippen LogP contribution in [0.25, 0.3) is 0 Å².